The third-order valence-electron chi connectivity index (χ3n) is 8.18. The number of carbonyl (C=O) groups is 3. The zero-order valence-corrected chi connectivity index (χ0v) is 27.0. The summed E-state index contributed by atoms with van der Waals surface area (Å²) in [6, 6.07) is 18.7. The molecule has 3 amide bonds. The Kier molecular flexibility index (Phi) is 9.04. The van der Waals surface area contributed by atoms with Crippen molar-refractivity contribution in [2.75, 3.05) is 19.8 Å². The van der Waals surface area contributed by atoms with Crippen molar-refractivity contribution in [3.63, 3.8) is 0 Å². The highest BCUT2D eigenvalue weighted by molar-refractivity contribution is 7.90. The van der Waals surface area contributed by atoms with Crippen molar-refractivity contribution in [1.82, 2.24) is 24.4 Å². The van der Waals surface area contributed by atoms with Crippen LogP contribution in [0.1, 0.15) is 44.8 Å². The SMILES string of the molecule is Cc1ccc(-c2cc(C(F)(F)F)nn2-c2ccc(S(=O)(=O)NC(=O)C3CCCN(/[N+]([O-])=N\OCN4C(=O)c5ccccc5C4=O)C3)cc2)cc1. The number of rotatable bonds is 9. The molecular weight excluding hydrogens is 683 g/mol. The number of alkyl halides is 3. The number of hydrogen-bond acceptors (Lipinski definition) is 9. The first-order valence-corrected chi connectivity index (χ1v) is 16.6. The molecule has 4 aromatic rings. The highest BCUT2D eigenvalue weighted by Gasteiger charge is 2.37. The van der Waals surface area contributed by atoms with Gasteiger partial charge in [0.1, 0.15) is 0 Å². The average Bonchev–Trinajstić information content (AvgIpc) is 3.65. The second kappa shape index (κ2) is 13.3. The van der Waals surface area contributed by atoms with E-state index in [1.165, 1.54) is 24.3 Å². The topological polar surface area (TPSA) is 169 Å². The van der Waals surface area contributed by atoms with Gasteiger partial charge in [0.25, 0.3) is 21.8 Å². The molecule has 50 heavy (non-hydrogen) atoms. The third-order valence-corrected chi connectivity index (χ3v) is 9.54. The number of fused-ring (bicyclic) bond motifs is 1. The summed E-state index contributed by atoms with van der Waals surface area (Å²) in [6.45, 7) is 1.15. The van der Waals surface area contributed by atoms with Gasteiger partial charge in [0.2, 0.25) is 17.9 Å². The molecule has 1 fully saturated rings. The number of sulfonamides is 1. The van der Waals surface area contributed by atoms with Crippen LogP contribution in [0.15, 0.2) is 89.0 Å². The maximum atomic E-state index is 13.6. The number of aromatic nitrogens is 2. The van der Waals surface area contributed by atoms with Crippen molar-refractivity contribution in [2.24, 2.45) is 11.2 Å². The number of halogens is 3. The fraction of sp³-hybridized carbons (Fsp3) is 0.250. The van der Waals surface area contributed by atoms with Gasteiger partial charge in [-0.3, -0.25) is 14.4 Å². The van der Waals surface area contributed by atoms with E-state index in [0.29, 0.717) is 12.0 Å². The van der Waals surface area contributed by atoms with E-state index in [1.54, 1.807) is 36.4 Å². The zero-order chi connectivity index (χ0) is 35.8. The van der Waals surface area contributed by atoms with Crippen molar-refractivity contribution < 1.29 is 45.8 Å². The van der Waals surface area contributed by atoms with Crippen LogP contribution in [0.5, 0.6) is 0 Å². The van der Waals surface area contributed by atoms with E-state index in [-0.39, 0.29) is 51.9 Å². The highest BCUT2D eigenvalue weighted by Crippen LogP contribution is 2.33. The van der Waals surface area contributed by atoms with Crippen LogP contribution in [0.2, 0.25) is 0 Å². The van der Waals surface area contributed by atoms with Crippen molar-refractivity contribution in [1.29, 1.82) is 0 Å². The molecule has 3 aromatic carbocycles. The Morgan fingerprint density at radius 3 is 2.30 bits per heavy atom. The monoisotopic (exact) mass is 711 g/mol. The third kappa shape index (κ3) is 6.87. The van der Waals surface area contributed by atoms with E-state index in [0.717, 1.165) is 38.4 Å². The minimum Gasteiger partial charge on any atom is -0.569 e. The molecule has 3 heterocycles. The summed E-state index contributed by atoms with van der Waals surface area (Å²) in [6.07, 6.45) is -4.14. The molecule has 1 saturated heterocycles. The maximum Gasteiger partial charge on any atom is 0.435 e. The summed E-state index contributed by atoms with van der Waals surface area (Å²) in [4.78, 5) is 43.4. The van der Waals surface area contributed by atoms with Crippen LogP contribution in [0.4, 0.5) is 13.2 Å². The van der Waals surface area contributed by atoms with Crippen LogP contribution < -0.4 is 4.72 Å². The largest absolute Gasteiger partial charge is 0.569 e. The number of imide groups is 1. The molecule has 0 saturated carbocycles. The molecule has 14 nitrogen and oxygen atoms in total. The molecule has 1 N–H and O–H groups in total. The van der Waals surface area contributed by atoms with Crippen molar-refractivity contribution >= 4 is 27.7 Å². The molecule has 1 unspecified atom stereocenters. The predicted octanol–water partition coefficient (Wildman–Crippen LogP) is 4.45. The smallest absolute Gasteiger partial charge is 0.435 e. The number of nitrogens with zero attached hydrogens (tertiary/aromatic N) is 6. The Labute approximate surface area is 282 Å². The molecule has 2 aliphatic heterocycles. The summed E-state index contributed by atoms with van der Waals surface area (Å²) in [5, 5.41) is 20.8. The molecule has 260 valence electrons. The lowest BCUT2D eigenvalue weighted by Crippen LogP contribution is -2.46. The van der Waals surface area contributed by atoms with Gasteiger partial charge in [-0.1, -0.05) is 42.0 Å². The zero-order valence-electron chi connectivity index (χ0n) is 26.2. The van der Waals surface area contributed by atoms with Crippen molar-refractivity contribution in [3.05, 3.63) is 106 Å². The molecular formula is C32H28F3N7O7S. The first-order valence-electron chi connectivity index (χ1n) is 15.1. The molecule has 1 atom stereocenters. The van der Waals surface area contributed by atoms with Crippen molar-refractivity contribution in [2.45, 2.75) is 30.8 Å². The summed E-state index contributed by atoms with van der Waals surface area (Å²) in [7, 11) is -4.42. The van der Waals surface area contributed by atoms with Gasteiger partial charge in [0, 0.05) is 5.56 Å². The Morgan fingerprint density at radius 1 is 1.04 bits per heavy atom. The van der Waals surface area contributed by atoms with E-state index in [2.05, 4.69) is 10.4 Å². The van der Waals surface area contributed by atoms with E-state index < -0.39 is 52.3 Å². The summed E-state index contributed by atoms with van der Waals surface area (Å²) >= 11 is 0. The maximum absolute atomic E-state index is 13.6. The van der Waals surface area contributed by atoms with Crippen LogP contribution in [0.25, 0.3) is 16.9 Å². The molecule has 0 spiro atoms. The summed E-state index contributed by atoms with van der Waals surface area (Å²) < 4.78 is 70.0. The minimum absolute atomic E-state index is 0.0647. The number of hydrazine groups is 1. The predicted molar refractivity (Wildman–Crippen MR) is 167 cm³/mol. The molecule has 1 aromatic heterocycles. The molecule has 0 bridgehead atoms. The fourth-order valence-corrected chi connectivity index (χ4v) is 6.60. The number of aryl methyl sites for hydroxylation is 1. The fourth-order valence-electron chi connectivity index (χ4n) is 5.56. The van der Waals surface area contributed by atoms with E-state index >= 15 is 0 Å². The van der Waals surface area contributed by atoms with Crippen LogP contribution >= 0.6 is 0 Å². The standard InChI is InChI=1S/C32H28F3N7O7S/c1-20-8-10-21(11-9-20)27-17-28(32(33,34)35)36-41(27)23-12-14-24(15-13-23)50(47,48)37-29(43)22-5-4-16-39(18-22)42(46)38-49-19-40-30(44)25-6-2-3-7-26(25)31(40)45/h2-3,6-15,17,22H,4-5,16,18-19H2,1H3,(H,37,43)/b42-38+. The van der Waals surface area contributed by atoms with Crippen LogP contribution in [-0.4, -0.2) is 70.6 Å². The van der Waals surface area contributed by atoms with Crippen LogP contribution in [0, 0.1) is 18.0 Å². The lowest BCUT2D eigenvalue weighted by atomic mass is 9.99. The second-order valence-corrected chi connectivity index (χ2v) is 13.3. The van der Waals surface area contributed by atoms with Crippen LogP contribution in [-0.2, 0) is 25.8 Å². The number of hydrogen-bond donors (Lipinski definition) is 1. The highest BCUT2D eigenvalue weighted by atomic mass is 32.2. The molecule has 18 heteroatoms. The summed E-state index contributed by atoms with van der Waals surface area (Å²) in [5.74, 6) is -3.04. The normalized spacial score (nSPS) is 16.8. The van der Waals surface area contributed by atoms with Gasteiger partial charge in [-0.15, -0.1) is 5.01 Å². The van der Waals surface area contributed by atoms with Crippen LogP contribution in [0.3, 0.4) is 0 Å². The lowest BCUT2D eigenvalue weighted by molar-refractivity contribution is -0.713. The van der Waals surface area contributed by atoms with E-state index in [9.17, 15) is 41.2 Å². The number of carbonyl (C=O) groups excluding carboxylic acids is 3. The molecule has 6 rings (SSSR count). The first kappa shape index (κ1) is 34.1. The number of nitrogens with one attached hydrogen (secondary N) is 1. The Bertz CT molecular complexity index is 2070. The van der Waals surface area contributed by atoms with Gasteiger partial charge in [0.05, 0.1) is 51.4 Å². The molecule has 0 aliphatic carbocycles. The second-order valence-electron chi connectivity index (χ2n) is 11.6. The average molecular weight is 712 g/mol. The Morgan fingerprint density at radius 2 is 1.68 bits per heavy atom. The lowest BCUT2D eigenvalue weighted by Gasteiger charge is -2.27. The quantitative estimate of drug-likeness (QED) is 0.114. The van der Waals surface area contributed by atoms with Gasteiger partial charge in [0.15, 0.2) is 5.69 Å². The van der Waals surface area contributed by atoms with Gasteiger partial charge in [-0.2, -0.15) is 18.3 Å². The number of piperidine rings is 1. The molecule has 0 radical (unpaired) electrons. The van der Waals surface area contributed by atoms with Gasteiger partial charge in [-0.25, -0.2) is 22.7 Å². The minimum atomic E-state index is -4.72. The van der Waals surface area contributed by atoms with Gasteiger partial charge in [-0.05, 0) is 62.2 Å². The Hall–Kier alpha value is -5.78. The van der Waals surface area contributed by atoms with Gasteiger partial charge < -0.3 is 10.0 Å². The first-order chi connectivity index (χ1) is 23.7. The van der Waals surface area contributed by atoms with E-state index in [4.69, 9.17) is 4.84 Å². The van der Waals surface area contributed by atoms with Crippen molar-refractivity contribution in [3.8, 4) is 16.9 Å². The van der Waals surface area contributed by atoms with E-state index in [1.807, 2.05) is 11.6 Å². The molecule has 2 aliphatic rings. The number of benzene rings is 3. The number of amides is 3. The Balaban J connectivity index is 1.10. The summed E-state index contributed by atoms with van der Waals surface area (Å²) in [5.41, 5.74) is 0.909. The van der Waals surface area contributed by atoms with Gasteiger partial charge >= 0.3 is 6.18 Å².